The van der Waals surface area contributed by atoms with Gasteiger partial charge < -0.3 is 4.57 Å². The molecule has 0 saturated heterocycles. The smallest absolute Gasteiger partial charge is 0.328 e. The quantitative estimate of drug-likeness (QED) is 0.554. The summed E-state index contributed by atoms with van der Waals surface area (Å²) in [5.74, 6) is 0. The minimum absolute atomic E-state index is 0.199. The van der Waals surface area contributed by atoms with Crippen LogP contribution in [0.25, 0.3) is 22.1 Å². The van der Waals surface area contributed by atoms with E-state index in [2.05, 4.69) is 9.97 Å². The van der Waals surface area contributed by atoms with E-state index in [0.29, 0.717) is 11.2 Å². The summed E-state index contributed by atoms with van der Waals surface area (Å²) in [6.45, 7) is 2.17. The van der Waals surface area contributed by atoms with Gasteiger partial charge in [0.05, 0.1) is 18.4 Å². The summed E-state index contributed by atoms with van der Waals surface area (Å²) in [6.07, 6.45) is 3.27. The van der Waals surface area contributed by atoms with Crippen molar-refractivity contribution in [3.8, 4) is 0 Å². The Morgan fingerprint density at radius 1 is 1.12 bits per heavy atom. The number of rotatable bonds is 2. The molecule has 4 aromatic rings. The van der Waals surface area contributed by atoms with Gasteiger partial charge in [0, 0.05) is 25.7 Å². The molecule has 0 unspecified atom stereocenters. The van der Waals surface area contributed by atoms with Crippen LogP contribution in [0.4, 0.5) is 0 Å². The van der Waals surface area contributed by atoms with Gasteiger partial charge >= 0.3 is 5.69 Å². The van der Waals surface area contributed by atoms with E-state index < -0.39 is 0 Å². The van der Waals surface area contributed by atoms with Gasteiger partial charge in [-0.3, -0.25) is 18.9 Å². The molecule has 1 aromatic carbocycles. The normalized spacial score (nSPS) is 11.5. The summed E-state index contributed by atoms with van der Waals surface area (Å²) >= 11 is 0. The fourth-order valence-electron chi connectivity index (χ4n) is 3.15. The lowest BCUT2D eigenvalue weighted by molar-refractivity contribution is 0.653. The molecule has 0 aliphatic carbocycles. The average Bonchev–Trinajstić information content (AvgIpc) is 2.99. The summed E-state index contributed by atoms with van der Waals surface area (Å²) < 4.78 is 4.30. The number of nitrogens with zero attached hydrogens (tertiary/aromatic N) is 5. The Bertz CT molecular complexity index is 1250. The minimum Gasteiger partial charge on any atom is -0.328 e. The van der Waals surface area contributed by atoms with Crippen LogP contribution >= 0.6 is 0 Å². The van der Waals surface area contributed by atoms with Crippen molar-refractivity contribution in [2.45, 2.75) is 13.5 Å². The molecular formula is C18H17N5O2. The summed E-state index contributed by atoms with van der Waals surface area (Å²) in [6, 6.07) is 7.84. The Balaban J connectivity index is 1.95. The Labute approximate surface area is 142 Å². The Morgan fingerprint density at radius 2 is 1.92 bits per heavy atom. The molecule has 0 radical (unpaired) electrons. The first kappa shape index (κ1) is 15.3. The zero-order valence-corrected chi connectivity index (χ0v) is 14.2. The number of benzene rings is 1. The molecule has 25 heavy (non-hydrogen) atoms. The number of fused-ring (bicyclic) bond motifs is 2. The lowest BCUT2D eigenvalue weighted by Gasteiger charge is -2.11. The maximum atomic E-state index is 12.8. The van der Waals surface area contributed by atoms with E-state index >= 15 is 0 Å². The van der Waals surface area contributed by atoms with Crippen LogP contribution in [0.1, 0.15) is 11.1 Å². The third kappa shape index (κ3) is 2.27. The van der Waals surface area contributed by atoms with Gasteiger partial charge in [0.25, 0.3) is 5.56 Å². The van der Waals surface area contributed by atoms with Gasteiger partial charge in [0.2, 0.25) is 0 Å². The monoisotopic (exact) mass is 335 g/mol. The summed E-state index contributed by atoms with van der Waals surface area (Å²) in [7, 11) is 3.37. The SMILES string of the molecule is Cc1cc2cccnc2cc1Cn1c(=O)c2c(ncn2C)n(C)c1=O. The van der Waals surface area contributed by atoms with Crippen molar-refractivity contribution >= 4 is 22.1 Å². The van der Waals surface area contributed by atoms with E-state index in [1.165, 1.54) is 9.13 Å². The van der Waals surface area contributed by atoms with Crippen LogP contribution in [0.2, 0.25) is 0 Å². The molecule has 3 aromatic heterocycles. The lowest BCUT2D eigenvalue weighted by Crippen LogP contribution is -2.40. The van der Waals surface area contributed by atoms with Gasteiger partial charge in [-0.25, -0.2) is 9.78 Å². The summed E-state index contributed by atoms with van der Waals surface area (Å²) in [5.41, 5.74) is 2.85. The van der Waals surface area contributed by atoms with E-state index in [4.69, 9.17) is 0 Å². The summed E-state index contributed by atoms with van der Waals surface area (Å²) in [5, 5.41) is 1.03. The number of pyridine rings is 1. The molecule has 0 saturated carbocycles. The second kappa shape index (κ2) is 5.41. The highest BCUT2D eigenvalue weighted by molar-refractivity contribution is 5.80. The van der Waals surface area contributed by atoms with Crippen molar-refractivity contribution in [3.05, 3.63) is 68.8 Å². The van der Waals surface area contributed by atoms with Gasteiger partial charge in [-0.2, -0.15) is 0 Å². The van der Waals surface area contributed by atoms with E-state index in [0.717, 1.165) is 22.0 Å². The average molecular weight is 335 g/mol. The van der Waals surface area contributed by atoms with Gasteiger partial charge in [-0.15, -0.1) is 0 Å². The fourth-order valence-corrected chi connectivity index (χ4v) is 3.15. The number of hydrogen-bond donors (Lipinski definition) is 0. The lowest BCUT2D eigenvalue weighted by atomic mass is 10.0. The van der Waals surface area contributed by atoms with Crippen molar-refractivity contribution < 1.29 is 0 Å². The van der Waals surface area contributed by atoms with E-state index in [9.17, 15) is 9.59 Å². The molecule has 0 spiro atoms. The largest absolute Gasteiger partial charge is 0.332 e. The molecule has 0 aliphatic rings. The molecule has 0 fully saturated rings. The van der Waals surface area contributed by atoms with Crippen molar-refractivity contribution in [2.75, 3.05) is 0 Å². The molecule has 7 heteroatoms. The molecule has 0 aliphatic heterocycles. The van der Waals surface area contributed by atoms with Gasteiger partial charge in [0.15, 0.2) is 11.2 Å². The number of imidazole rings is 1. The summed E-state index contributed by atoms with van der Waals surface area (Å²) in [4.78, 5) is 34.0. The van der Waals surface area contributed by atoms with Crippen LogP contribution in [-0.2, 0) is 20.6 Å². The molecule has 0 bridgehead atoms. The van der Waals surface area contributed by atoms with E-state index in [1.54, 1.807) is 31.2 Å². The standard InChI is InChI=1S/C18H17N5O2/c1-11-7-12-5-4-6-19-14(12)8-13(11)9-23-17(24)15-16(20-10-21(15)2)22(3)18(23)25/h4-8,10H,9H2,1-3H3. The van der Waals surface area contributed by atoms with Crippen molar-refractivity contribution in [2.24, 2.45) is 14.1 Å². The van der Waals surface area contributed by atoms with Crippen LogP contribution in [0.5, 0.6) is 0 Å². The first-order valence-electron chi connectivity index (χ1n) is 7.92. The molecule has 3 heterocycles. The Morgan fingerprint density at radius 3 is 2.72 bits per heavy atom. The molecule has 4 rings (SSSR count). The molecule has 0 amide bonds. The van der Waals surface area contributed by atoms with Gasteiger partial charge in [-0.05, 0) is 36.2 Å². The second-order valence-corrected chi connectivity index (χ2v) is 6.24. The van der Waals surface area contributed by atoms with E-state index in [-0.39, 0.29) is 17.8 Å². The van der Waals surface area contributed by atoms with Crippen LogP contribution in [0.3, 0.4) is 0 Å². The second-order valence-electron chi connectivity index (χ2n) is 6.24. The predicted octanol–water partition coefficient (Wildman–Crippen LogP) is 1.34. The van der Waals surface area contributed by atoms with Gasteiger partial charge in [-0.1, -0.05) is 6.07 Å². The van der Waals surface area contributed by atoms with E-state index in [1.807, 2.05) is 31.2 Å². The minimum atomic E-state index is -0.378. The molecule has 126 valence electrons. The Kier molecular flexibility index (Phi) is 3.31. The molecule has 0 N–H and O–H groups in total. The Hall–Kier alpha value is -3.22. The third-order valence-electron chi connectivity index (χ3n) is 4.59. The third-order valence-corrected chi connectivity index (χ3v) is 4.59. The highest BCUT2D eigenvalue weighted by Gasteiger charge is 2.16. The maximum absolute atomic E-state index is 12.8. The van der Waals surface area contributed by atoms with Crippen molar-refractivity contribution in [3.63, 3.8) is 0 Å². The first-order chi connectivity index (χ1) is 12.0. The van der Waals surface area contributed by atoms with Crippen LogP contribution in [0.15, 0.2) is 46.4 Å². The molecule has 7 nitrogen and oxygen atoms in total. The number of aryl methyl sites for hydroxylation is 3. The van der Waals surface area contributed by atoms with Crippen LogP contribution < -0.4 is 11.2 Å². The zero-order chi connectivity index (χ0) is 17.7. The first-order valence-corrected chi connectivity index (χ1v) is 7.92. The van der Waals surface area contributed by atoms with Crippen molar-refractivity contribution in [1.82, 2.24) is 23.7 Å². The predicted molar refractivity (Wildman–Crippen MR) is 95.8 cm³/mol. The fraction of sp³-hybridized carbons (Fsp3) is 0.222. The van der Waals surface area contributed by atoms with Crippen LogP contribution in [-0.4, -0.2) is 23.7 Å². The van der Waals surface area contributed by atoms with Crippen LogP contribution in [0, 0.1) is 6.92 Å². The molecule has 0 atom stereocenters. The highest BCUT2D eigenvalue weighted by Crippen LogP contribution is 2.18. The van der Waals surface area contributed by atoms with Crippen molar-refractivity contribution in [1.29, 1.82) is 0 Å². The maximum Gasteiger partial charge on any atom is 0.332 e. The molecular weight excluding hydrogens is 318 g/mol. The van der Waals surface area contributed by atoms with Gasteiger partial charge in [0.1, 0.15) is 0 Å². The number of aromatic nitrogens is 5. The highest BCUT2D eigenvalue weighted by atomic mass is 16.2. The topological polar surface area (TPSA) is 74.7 Å². The number of hydrogen-bond acceptors (Lipinski definition) is 4. The zero-order valence-electron chi connectivity index (χ0n) is 14.2.